The molecule has 3 aromatic carbocycles. The molecule has 6 rings (SSSR count). The maximum atomic E-state index is 12.8. The molecule has 0 saturated carbocycles. The molecule has 0 radical (unpaired) electrons. The Kier molecular flexibility index (Phi) is 8.44. The summed E-state index contributed by atoms with van der Waals surface area (Å²) < 4.78 is 28.3. The Morgan fingerprint density at radius 1 is 0.976 bits per heavy atom. The van der Waals surface area contributed by atoms with E-state index in [4.69, 9.17) is 16.6 Å². The van der Waals surface area contributed by atoms with Crippen LogP contribution in [-0.4, -0.2) is 74.5 Å². The zero-order chi connectivity index (χ0) is 29.1. The van der Waals surface area contributed by atoms with Crippen LogP contribution >= 0.6 is 11.6 Å². The smallest absolute Gasteiger partial charge is 0.261 e. The van der Waals surface area contributed by atoms with Gasteiger partial charge < -0.3 is 15.1 Å². The van der Waals surface area contributed by atoms with Crippen molar-refractivity contribution in [3.05, 3.63) is 101 Å². The minimum Gasteiger partial charge on any atom is -0.354 e. The van der Waals surface area contributed by atoms with Crippen molar-refractivity contribution in [2.75, 3.05) is 56.4 Å². The van der Waals surface area contributed by atoms with Crippen molar-refractivity contribution in [3.8, 4) is 11.3 Å². The lowest BCUT2D eigenvalue weighted by Crippen LogP contribution is -2.44. The number of halogens is 1. The molecule has 1 unspecified atom stereocenters. The van der Waals surface area contributed by atoms with Gasteiger partial charge in [-0.05, 0) is 73.5 Å². The Hall–Kier alpha value is -3.50. The molecule has 1 fully saturated rings. The number of nitrogens with zero attached hydrogens (tertiary/aromatic N) is 4. The molecule has 218 valence electrons. The van der Waals surface area contributed by atoms with Gasteiger partial charge in [-0.2, -0.15) is 0 Å². The molecule has 2 N–H and O–H groups in total. The van der Waals surface area contributed by atoms with Gasteiger partial charge in [0, 0.05) is 61.1 Å². The van der Waals surface area contributed by atoms with E-state index in [-0.39, 0.29) is 10.8 Å². The highest BCUT2D eigenvalue weighted by atomic mass is 35.5. The van der Waals surface area contributed by atoms with Gasteiger partial charge in [-0.25, -0.2) is 18.4 Å². The zero-order valence-corrected chi connectivity index (χ0v) is 25.2. The molecular formula is C32H35ClN6O2S. The maximum absolute atomic E-state index is 12.8. The van der Waals surface area contributed by atoms with Crippen LogP contribution in [0, 0.1) is 0 Å². The van der Waals surface area contributed by atoms with Gasteiger partial charge in [0.15, 0.2) is 0 Å². The topological polar surface area (TPSA) is 90.5 Å². The number of benzene rings is 3. The van der Waals surface area contributed by atoms with Crippen LogP contribution in [0.3, 0.4) is 0 Å². The van der Waals surface area contributed by atoms with Crippen LogP contribution in [0.1, 0.15) is 29.0 Å². The second-order valence-corrected chi connectivity index (χ2v) is 13.1. The van der Waals surface area contributed by atoms with E-state index in [9.17, 15) is 8.42 Å². The molecule has 10 heteroatoms. The monoisotopic (exact) mass is 602 g/mol. The molecule has 1 atom stereocenters. The van der Waals surface area contributed by atoms with Gasteiger partial charge >= 0.3 is 0 Å². The molecule has 1 saturated heterocycles. The van der Waals surface area contributed by atoms with Crippen LogP contribution in [-0.2, 0) is 16.4 Å². The Bertz CT molecular complexity index is 1660. The maximum Gasteiger partial charge on any atom is 0.261 e. The van der Waals surface area contributed by atoms with Crippen molar-refractivity contribution in [1.82, 2.24) is 19.8 Å². The fraction of sp³-hybridized carbons (Fsp3) is 0.312. The molecule has 1 aliphatic carbocycles. The number of likely N-dealkylation sites (N-methyl/N-ethyl adjacent to an activating group) is 1. The van der Waals surface area contributed by atoms with Crippen LogP contribution in [0.25, 0.3) is 11.3 Å². The molecule has 1 aliphatic heterocycles. The van der Waals surface area contributed by atoms with Crippen LogP contribution in [0.5, 0.6) is 0 Å². The van der Waals surface area contributed by atoms with Gasteiger partial charge in [-0.15, -0.1) is 0 Å². The van der Waals surface area contributed by atoms with E-state index in [2.05, 4.69) is 50.1 Å². The van der Waals surface area contributed by atoms with Crippen molar-refractivity contribution in [2.45, 2.75) is 23.7 Å². The Balaban J connectivity index is 1.14. The lowest BCUT2D eigenvalue weighted by Gasteiger charge is -2.32. The Morgan fingerprint density at radius 3 is 2.55 bits per heavy atom. The SMILES string of the molecule is CN1CCN(CCCNc2ncc3c(n2)-c2ccccc2C(c2ccc(NS(=O)(=O)c4cccc(Cl)c4)cc2)C3)CC1. The molecule has 2 heterocycles. The van der Waals surface area contributed by atoms with Gasteiger partial charge in [0.25, 0.3) is 10.0 Å². The van der Waals surface area contributed by atoms with Crippen molar-refractivity contribution in [1.29, 1.82) is 0 Å². The highest BCUT2D eigenvalue weighted by Crippen LogP contribution is 2.42. The molecule has 8 nitrogen and oxygen atoms in total. The van der Waals surface area contributed by atoms with Gasteiger partial charge in [0.05, 0.1) is 10.6 Å². The first kappa shape index (κ1) is 28.6. The number of hydrogen-bond acceptors (Lipinski definition) is 7. The molecule has 0 bridgehead atoms. The van der Waals surface area contributed by atoms with Crippen molar-refractivity contribution in [3.63, 3.8) is 0 Å². The minimum atomic E-state index is -3.74. The third kappa shape index (κ3) is 6.44. The van der Waals surface area contributed by atoms with E-state index < -0.39 is 10.0 Å². The summed E-state index contributed by atoms with van der Waals surface area (Å²) in [6.07, 6.45) is 3.76. The van der Waals surface area contributed by atoms with Crippen LogP contribution in [0.15, 0.2) is 83.9 Å². The molecule has 4 aromatic rings. The Labute approximate surface area is 252 Å². The number of anilines is 2. The van der Waals surface area contributed by atoms with Gasteiger partial charge in [0.2, 0.25) is 5.95 Å². The summed E-state index contributed by atoms with van der Waals surface area (Å²) in [5.41, 5.74) is 5.99. The predicted molar refractivity (Wildman–Crippen MR) is 169 cm³/mol. The van der Waals surface area contributed by atoms with E-state index in [1.807, 2.05) is 24.4 Å². The predicted octanol–water partition coefficient (Wildman–Crippen LogP) is 5.34. The lowest BCUT2D eigenvalue weighted by molar-refractivity contribution is 0.154. The number of piperazine rings is 1. The van der Waals surface area contributed by atoms with Crippen molar-refractivity contribution < 1.29 is 8.42 Å². The van der Waals surface area contributed by atoms with Gasteiger partial charge in [0.1, 0.15) is 0 Å². The normalized spacial score (nSPS) is 17.3. The summed E-state index contributed by atoms with van der Waals surface area (Å²) in [5.74, 6) is 0.773. The summed E-state index contributed by atoms with van der Waals surface area (Å²) in [6, 6.07) is 22.2. The lowest BCUT2D eigenvalue weighted by atomic mass is 9.78. The summed E-state index contributed by atoms with van der Waals surface area (Å²) in [7, 11) is -1.56. The number of hydrogen-bond donors (Lipinski definition) is 2. The van der Waals surface area contributed by atoms with Gasteiger partial charge in [-0.3, -0.25) is 4.72 Å². The highest BCUT2D eigenvalue weighted by molar-refractivity contribution is 7.92. The molecule has 42 heavy (non-hydrogen) atoms. The summed E-state index contributed by atoms with van der Waals surface area (Å²) in [5, 5.41) is 3.81. The van der Waals surface area contributed by atoms with E-state index in [1.165, 1.54) is 17.7 Å². The second kappa shape index (κ2) is 12.4. The average molecular weight is 603 g/mol. The van der Waals surface area contributed by atoms with Crippen molar-refractivity contribution >= 4 is 33.3 Å². The van der Waals surface area contributed by atoms with E-state index in [1.54, 1.807) is 24.3 Å². The zero-order valence-electron chi connectivity index (χ0n) is 23.6. The molecular weight excluding hydrogens is 568 g/mol. The fourth-order valence-electron chi connectivity index (χ4n) is 5.72. The van der Waals surface area contributed by atoms with Gasteiger partial charge in [-0.1, -0.05) is 54.1 Å². The highest BCUT2D eigenvalue weighted by Gasteiger charge is 2.27. The van der Waals surface area contributed by atoms with Crippen molar-refractivity contribution in [2.24, 2.45) is 0 Å². The molecule has 1 aromatic heterocycles. The first-order chi connectivity index (χ1) is 20.4. The van der Waals surface area contributed by atoms with E-state index in [0.29, 0.717) is 16.7 Å². The van der Waals surface area contributed by atoms with E-state index in [0.717, 1.165) is 74.5 Å². The first-order valence-electron chi connectivity index (χ1n) is 14.3. The number of sulfonamides is 1. The number of aromatic nitrogens is 2. The van der Waals surface area contributed by atoms with E-state index >= 15 is 0 Å². The largest absolute Gasteiger partial charge is 0.354 e. The van der Waals surface area contributed by atoms with Crippen LogP contribution in [0.2, 0.25) is 5.02 Å². The quantitative estimate of drug-likeness (QED) is 0.250. The summed E-state index contributed by atoms with van der Waals surface area (Å²) in [6.45, 7) is 6.44. The third-order valence-corrected chi connectivity index (χ3v) is 9.70. The van der Waals surface area contributed by atoms with Crippen LogP contribution in [0.4, 0.5) is 11.6 Å². The Morgan fingerprint density at radius 2 is 1.76 bits per heavy atom. The third-order valence-electron chi connectivity index (χ3n) is 8.08. The molecule has 0 amide bonds. The number of rotatable bonds is 9. The fourth-order valence-corrected chi connectivity index (χ4v) is 7.08. The molecule has 0 spiro atoms. The first-order valence-corrected chi connectivity index (χ1v) is 16.2. The average Bonchev–Trinajstić information content (AvgIpc) is 3.00. The number of nitrogens with one attached hydrogen (secondary N) is 2. The standard InChI is InChI=1S/C32H35ClN6O2S/c1-38-16-18-39(19-17-38)15-5-14-34-32-35-22-24-20-30(28-8-2-3-9-29(28)31(24)36-32)23-10-12-26(13-11-23)37-42(40,41)27-7-4-6-25(33)21-27/h2-4,6-13,21-22,30,37H,5,14-20H2,1H3,(H,34,35,36). The minimum absolute atomic E-state index is 0.110. The summed E-state index contributed by atoms with van der Waals surface area (Å²) in [4.78, 5) is 14.6. The van der Waals surface area contributed by atoms with Crippen LogP contribution < -0.4 is 10.0 Å². The summed E-state index contributed by atoms with van der Waals surface area (Å²) >= 11 is 6.00. The molecule has 2 aliphatic rings. The number of fused-ring (bicyclic) bond motifs is 3. The second-order valence-electron chi connectivity index (χ2n) is 11.0.